The highest BCUT2D eigenvalue weighted by Gasteiger charge is 2.09. The number of nitrogens with two attached hydrogens (primary N) is 1. The lowest BCUT2D eigenvalue weighted by Crippen LogP contribution is -2.01. The molecule has 0 fully saturated rings. The van der Waals surface area contributed by atoms with E-state index in [9.17, 15) is 0 Å². The maximum atomic E-state index is 8.86. The van der Waals surface area contributed by atoms with Crippen LogP contribution in [0.3, 0.4) is 0 Å². The van der Waals surface area contributed by atoms with E-state index in [-0.39, 0.29) is 0 Å². The van der Waals surface area contributed by atoms with E-state index in [0.717, 1.165) is 5.52 Å². The first kappa shape index (κ1) is 10.4. The number of oxazole rings is 1. The molecule has 2 N–H and O–H groups in total. The number of hydrogen-bond donors (Lipinski definition) is 1. The van der Waals surface area contributed by atoms with Crippen LogP contribution in [0.5, 0.6) is 0 Å². The van der Waals surface area contributed by atoms with Crippen molar-refractivity contribution in [2.75, 3.05) is 5.73 Å². The van der Waals surface area contributed by atoms with Crippen molar-refractivity contribution in [3.8, 4) is 6.07 Å². The standard InChI is InChI=1S/C12H9N5O/c13-6-11-15-3-4-17(11)7-12-16-9-2-1-8(14)5-10(9)18-12/h1-5H,7,14H2. The third kappa shape index (κ3) is 1.68. The number of nitrogens with zero attached hydrogens (tertiary/aromatic N) is 4. The molecule has 0 aliphatic carbocycles. The predicted molar refractivity (Wildman–Crippen MR) is 64.5 cm³/mol. The van der Waals surface area contributed by atoms with Crippen molar-refractivity contribution in [1.29, 1.82) is 5.26 Å². The first-order valence-corrected chi connectivity index (χ1v) is 5.32. The smallest absolute Gasteiger partial charge is 0.215 e. The van der Waals surface area contributed by atoms with Gasteiger partial charge in [0, 0.05) is 24.1 Å². The maximum absolute atomic E-state index is 8.86. The van der Waals surface area contributed by atoms with Gasteiger partial charge in [-0.2, -0.15) is 5.26 Å². The van der Waals surface area contributed by atoms with Gasteiger partial charge in [0.15, 0.2) is 5.58 Å². The normalized spacial score (nSPS) is 10.6. The average molecular weight is 239 g/mol. The van der Waals surface area contributed by atoms with Gasteiger partial charge in [0.25, 0.3) is 0 Å². The van der Waals surface area contributed by atoms with Crippen molar-refractivity contribution in [3.05, 3.63) is 42.3 Å². The zero-order chi connectivity index (χ0) is 12.5. The lowest BCUT2D eigenvalue weighted by Gasteiger charge is -1.97. The molecule has 0 atom stereocenters. The molecule has 6 nitrogen and oxygen atoms in total. The number of nitriles is 1. The topological polar surface area (TPSA) is 93.7 Å². The molecule has 0 radical (unpaired) electrons. The highest BCUT2D eigenvalue weighted by molar-refractivity contribution is 5.76. The monoisotopic (exact) mass is 239 g/mol. The lowest BCUT2D eigenvalue weighted by atomic mass is 10.3. The van der Waals surface area contributed by atoms with Crippen molar-refractivity contribution in [2.45, 2.75) is 6.54 Å². The van der Waals surface area contributed by atoms with Crippen LogP contribution in [0.4, 0.5) is 5.69 Å². The summed E-state index contributed by atoms with van der Waals surface area (Å²) < 4.78 is 7.25. The number of aromatic nitrogens is 3. The van der Waals surface area contributed by atoms with Gasteiger partial charge < -0.3 is 14.7 Å². The Morgan fingerprint density at radius 2 is 2.33 bits per heavy atom. The van der Waals surface area contributed by atoms with E-state index in [1.54, 1.807) is 35.2 Å². The molecular weight excluding hydrogens is 230 g/mol. The molecule has 0 aliphatic heterocycles. The Balaban J connectivity index is 1.98. The number of anilines is 1. The quantitative estimate of drug-likeness (QED) is 0.684. The molecule has 88 valence electrons. The average Bonchev–Trinajstić information content (AvgIpc) is 2.94. The summed E-state index contributed by atoms with van der Waals surface area (Å²) in [6.07, 6.45) is 3.28. The number of imidazole rings is 1. The Kier molecular flexibility index (Phi) is 2.24. The highest BCUT2D eigenvalue weighted by atomic mass is 16.3. The van der Waals surface area contributed by atoms with Crippen molar-refractivity contribution >= 4 is 16.8 Å². The molecule has 0 saturated carbocycles. The lowest BCUT2D eigenvalue weighted by molar-refractivity contribution is 0.507. The zero-order valence-electron chi connectivity index (χ0n) is 9.37. The van der Waals surface area contributed by atoms with Gasteiger partial charge in [-0.05, 0) is 12.1 Å². The second-order valence-electron chi connectivity index (χ2n) is 3.83. The Morgan fingerprint density at radius 3 is 3.17 bits per heavy atom. The van der Waals surface area contributed by atoms with Gasteiger partial charge in [-0.1, -0.05) is 0 Å². The summed E-state index contributed by atoms with van der Waals surface area (Å²) in [4.78, 5) is 8.24. The van der Waals surface area contributed by atoms with E-state index in [4.69, 9.17) is 15.4 Å². The fraction of sp³-hybridized carbons (Fsp3) is 0.0833. The molecule has 0 saturated heterocycles. The number of nitrogen functional groups attached to an aromatic ring is 1. The van der Waals surface area contributed by atoms with Gasteiger partial charge in [-0.15, -0.1) is 0 Å². The van der Waals surface area contributed by atoms with Crippen LogP contribution >= 0.6 is 0 Å². The molecule has 3 rings (SSSR count). The molecule has 1 aromatic carbocycles. The second-order valence-corrected chi connectivity index (χ2v) is 3.83. The van der Waals surface area contributed by atoms with E-state index < -0.39 is 0 Å². The van der Waals surface area contributed by atoms with Crippen molar-refractivity contribution in [3.63, 3.8) is 0 Å². The fourth-order valence-electron chi connectivity index (χ4n) is 1.75. The summed E-state index contributed by atoms with van der Waals surface area (Å²) in [5.74, 6) is 0.849. The van der Waals surface area contributed by atoms with Crippen LogP contribution in [0, 0.1) is 11.3 Å². The number of benzene rings is 1. The maximum Gasteiger partial charge on any atom is 0.215 e. The van der Waals surface area contributed by atoms with Gasteiger partial charge in [0.1, 0.15) is 18.1 Å². The third-order valence-electron chi connectivity index (χ3n) is 2.58. The van der Waals surface area contributed by atoms with Gasteiger partial charge in [0.05, 0.1) is 0 Å². The SMILES string of the molecule is N#Cc1nccn1Cc1nc2ccc(N)cc2o1. The van der Waals surface area contributed by atoms with Gasteiger partial charge in [0.2, 0.25) is 11.7 Å². The molecule has 0 amide bonds. The van der Waals surface area contributed by atoms with Crippen LogP contribution in [0.2, 0.25) is 0 Å². The minimum Gasteiger partial charge on any atom is -0.439 e. The minimum absolute atomic E-state index is 0.330. The van der Waals surface area contributed by atoms with Crippen molar-refractivity contribution < 1.29 is 4.42 Å². The van der Waals surface area contributed by atoms with E-state index in [1.165, 1.54) is 0 Å². The van der Waals surface area contributed by atoms with Gasteiger partial charge >= 0.3 is 0 Å². The molecule has 0 spiro atoms. The zero-order valence-corrected chi connectivity index (χ0v) is 9.37. The molecule has 0 unspecified atom stereocenters. The van der Waals surface area contributed by atoms with E-state index >= 15 is 0 Å². The minimum atomic E-state index is 0.330. The van der Waals surface area contributed by atoms with Crippen molar-refractivity contribution in [1.82, 2.24) is 14.5 Å². The van der Waals surface area contributed by atoms with Crippen LogP contribution in [0.1, 0.15) is 11.7 Å². The van der Waals surface area contributed by atoms with Crippen LogP contribution in [-0.4, -0.2) is 14.5 Å². The summed E-state index contributed by atoms with van der Waals surface area (Å²) in [6.45, 7) is 0.372. The van der Waals surface area contributed by atoms with E-state index in [2.05, 4.69) is 9.97 Å². The first-order chi connectivity index (χ1) is 8.76. The molecule has 3 aromatic rings. The third-order valence-corrected chi connectivity index (χ3v) is 2.58. The van der Waals surface area contributed by atoms with Crippen LogP contribution in [0.15, 0.2) is 35.0 Å². The molecule has 6 heteroatoms. The van der Waals surface area contributed by atoms with E-state index in [1.807, 2.05) is 6.07 Å². The number of rotatable bonds is 2. The Hall–Kier alpha value is -2.81. The Labute approximate surface area is 102 Å². The van der Waals surface area contributed by atoms with Crippen LogP contribution < -0.4 is 5.73 Å². The van der Waals surface area contributed by atoms with Crippen molar-refractivity contribution in [2.24, 2.45) is 0 Å². The Morgan fingerprint density at radius 1 is 1.44 bits per heavy atom. The molecule has 18 heavy (non-hydrogen) atoms. The van der Waals surface area contributed by atoms with Gasteiger partial charge in [-0.25, -0.2) is 9.97 Å². The summed E-state index contributed by atoms with van der Waals surface area (Å²) in [5.41, 5.74) is 7.69. The fourth-order valence-corrected chi connectivity index (χ4v) is 1.75. The van der Waals surface area contributed by atoms with Crippen LogP contribution in [-0.2, 0) is 6.54 Å². The number of hydrogen-bond acceptors (Lipinski definition) is 5. The summed E-state index contributed by atoms with van der Waals surface area (Å²) in [6, 6.07) is 7.30. The predicted octanol–water partition coefficient (Wildman–Crippen LogP) is 1.53. The van der Waals surface area contributed by atoms with Crippen LogP contribution in [0.25, 0.3) is 11.1 Å². The largest absolute Gasteiger partial charge is 0.439 e. The first-order valence-electron chi connectivity index (χ1n) is 5.32. The highest BCUT2D eigenvalue weighted by Crippen LogP contribution is 2.19. The molecule has 0 aliphatic rings. The van der Waals surface area contributed by atoms with E-state index in [0.29, 0.717) is 29.5 Å². The second kappa shape index (κ2) is 3.89. The molecule has 2 heterocycles. The summed E-state index contributed by atoms with van der Waals surface area (Å²) in [5, 5.41) is 8.86. The van der Waals surface area contributed by atoms with Gasteiger partial charge in [-0.3, -0.25) is 0 Å². The Bertz CT molecular complexity index is 749. The summed E-state index contributed by atoms with van der Waals surface area (Å²) in [7, 11) is 0. The molecule has 2 aromatic heterocycles. The molecule has 0 bridgehead atoms. The number of fused-ring (bicyclic) bond motifs is 1. The summed E-state index contributed by atoms with van der Waals surface area (Å²) >= 11 is 0. The molecular formula is C12H9N5O.